The molecule has 5 nitrogen and oxygen atoms in total. The number of amides is 2. The second-order valence-electron chi connectivity index (χ2n) is 8.38. The first kappa shape index (κ1) is 19.7. The summed E-state index contributed by atoms with van der Waals surface area (Å²) in [6.07, 6.45) is 0. The van der Waals surface area contributed by atoms with E-state index in [1.54, 1.807) is 18.2 Å². The van der Waals surface area contributed by atoms with Gasteiger partial charge in [0.2, 0.25) is 11.8 Å². The van der Waals surface area contributed by atoms with Gasteiger partial charge in [-0.05, 0) is 30.3 Å². The Bertz CT molecular complexity index is 1070. The second kappa shape index (κ2) is 7.67. The highest BCUT2D eigenvalue weighted by atomic mass is 16.5. The van der Waals surface area contributed by atoms with Gasteiger partial charge in [-0.25, -0.2) is 0 Å². The number of hydrogen-bond donors (Lipinski definition) is 2. The van der Waals surface area contributed by atoms with Crippen LogP contribution in [0.5, 0.6) is 11.5 Å². The summed E-state index contributed by atoms with van der Waals surface area (Å²) in [6, 6.07) is 22.3. The molecule has 4 rings (SSSR count). The third-order valence-corrected chi connectivity index (χ3v) is 5.01. The Kier molecular flexibility index (Phi) is 5.04. The summed E-state index contributed by atoms with van der Waals surface area (Å²) in [5, 5.41) is 5.90. The molecule has 2 amide bonds. The largest absolute Gasteiger partial charge is 0.457 e. The number of carbonyl (C=O) groups excluding carboxylic acids is 2. The molecule has 5 heteroatoms. The summed E-state index contributed by atoms with van der Waals surface area (Å²) in [4.78, 5) is 25.6. The maximum Gasteiger partial charge on any atom is 0.236 e. The molecule has 0 bridgehead atoms. The van der Waals surface area contributed by atoms with Crippen LogP contribution in [0.4, 0.5) is 11.4 Å². The standard InChI is InChI=1S/C25H24N2O3/c1-25(2,3)24(29)27-17-10-8-9-16(15-17)26-23(28)22-18-11-4-6-13-20(18)30-21-14-7-5-12-19(21)22/h4-15,22H,1-3H3,(H,26,28)(H,27,29). The maximum absolute atomic E-state index is 13.3. The van der Waals surface area contributed by atoms with E-state index in [4.69, 9.17) is 4.74 Å². The van der Waals surface area contributed by atoms with Crippen LogP contribution in [0.1, 0.15) is 37.8 Å². The molecule has 30 heavy (non-hydrogen) atoms. The zero-order chi connectivity index (χ0) is 21.3. The average molecular weight is 400 g/mol. The molecule has 152 valence electrons. The smallest absolute Gasteiger partial charge is 0.236 e. The molecule has 0 saturated carbocycles. The number of benzene rings is 3. The fraction of sp³-hybridized carbons (Fsp3) is 0.200. The van der Waals surface area contributed by atoms with Crippen LogP contribution >= 0.6 is 0 Å². The highest BCUT2D eigenvalue weighted by Crippen LogP contribution is 2.44. The predicted octanol–water partition coefficient (Wildman–Crippen LogP) is 5.55. The van der Waals surface area contributed by atoms with Gasteiger partial charge in [0.15, 0.2) is 0 Å². The number of rotatable bonds is 3. The lowest BCUT2D eigenvalue weighted by atomic mass is 9.87. The molecule has 1 heterocycles. The van der Waals surface area contributed by atoms with Gasteiger partial charge >= 0.3 is 0 Å². The second-order valence-corrected chi connectivity index (χ2v) is 8.38. The quantitative estimate of drug-likeness (QED) is 0.606. The molecule has 3 aromatic carbocycles. The normalized spacial score (nSPS) is 12.9. The Labute approximate surface area is 176 Å². The monoisotopic (exact) mass is 400 g/mol. The Morgan fingerprint density at radius 3 is 1.87 bits per heavy atom. The summed E-state index contributed by atoms with van der Waals surface area (Å²) in [5.74, 6) is 0.639. The molecule has 0 spiro atoms. The van der Waals surface area contributed by atoms with Gasteiger partial charge < -0.3 is 15.4 Å². The van der Waals surface area contributed by atoms with E-state index in [0.29, 0.717) is 22.9 Å². The van der Waals surface area contributed by atoms with Gasteiger partial charge in [0.25, 0.3) is 0 Å². The molecule has 1 aliphatic rings. The van der Waals surface area contributed by atoms with E-state index in [2.05, 4.69) is 10.6 Å². The van der Waals surface area contributed by atoms with Crippen molar-refractivity contribution in [1.29, 1.82) is 0 Å². The van der Waals surface area contributed by atoms with Crippen LogP contribution in [0.15, 0.2) is 72.8 Å². The highest BCUT2D eigenvalue weighted by Gasteiger charge is 2.32. The third-order valence-electron chi connectivity index (χ3n) is 5.01. The number of nitrogens with one attached hydrogen (secondary N) is 2. The summed E-state index contributed by atoms with van der Waals surface area (Å²) in [7, 11) is 0. The van der Waals surface area contributed by atoms with Crippen LogP contribution in [0, 0.1) is 5.41 Å². The van der Waals surface area contributed by atoms with Crippen molar-refractivity contribution >= 4 is 23.2 Å². The van der Waals surface area contributed by atoms with Crippen LogP contribution in [0.3, 0.4) is 0 Å². The first-order valence-corrected chi connectivity index (χ1v) is 9.91. The van der Waals surface area contributed by atoms with Crippen molar-refractivity contribution in [1.82, 2.24) is 0 Å². The minimum atomic E-state index is -0.505. The fourth-order valence-corrected chi connectivity index (χ4v) is 3.40. The Morgan fingerprint density at radius 2 is 1.30 bits per heavy atom. The van der Waals surface area contributed by atoms with Gasteiger partial charge in [-0.2, -0.15) is 0 Å². The molecule has 0 atom stereocenters. The van der Waals surface area contributed by atoms with Crippen molar-refractivity contribution in [2.24, 2.45) is 5.41 Å². The topological polar surface area (TPSA) is 67.4 Å². The number of fused-ring (bicyclic) bond motifs is 2. The van der Waals surface area contributed by atoms with E-state index in [1.807, 2.05) is 75.4 Å². The molecule has 0 aromatic heterocycles. The Balaban J connectivity index is 1.61. The van der Waals surface area contributed by atoms with E-state index >= 15 is 0 Å². The van der Waals surface area contributed by atoms with Gasteiger partial charge in [0, 0.05) is 27.9 Å². The van der Waals surface area contributed by atoms with Crippen LogP contribution < -0.4 is 15.4 Å². The van der Waals surface area contributed by atoms with Gasteiger partial charge in [-0.3, -0.25) is 9.59 Å². The number of carbonyl (C=O) groups is 2. The first-order chi connectivity index (χ1) is 14.3. The number of anilines is 2. The average Bonchev–Trinajstić information content (AvgIpc) is 2.71. The van der Waals surface area contributed by atoms with Crippen molar-refractivity contribution in [2.45, 2.75) is 26.7 Å². The Hall–Kier alpha value is -3.60. The summed E-state index contributed by atoms with van der Waals surface area (Å²) < 4.78 is 5.98. The predicted molar refractivity (Wildman–Crippen MR) is 118 cm³/mol. The molecule has 0 fully saturated rings. The van der Waals surface area contributed by atoms with Gasteiger partial charge in [-0.15, -0.1) is 0 Å². The SMILES string of the molecule is CC(C)(C)C(=O)Nc1cccc(NC(=O)C2c3ccccc3Oc3ccccc32)c1. The van der Waals surface area contributed by atoms with Crippen LogP contribution in [-0.2, 0) is 9.59 Å². The van der Waals surface area contributed by atoms with Gasteiger partial charge in [0.05, 0.1) is 5.92 Å². The fourth-order valence-electron chi connectivity index (χ4n) is 3.40. The molecule has 0 unspecified atom stereocenters. The van der Waals surface area contributed by atoms with Crippen molar-refractivity contribution in [3.05, 3.63) is 83.9 Å². The lowest BCUT2D eigenvalue weighted by Gasteiger charge is -2.27. The lowest BCUT2D eigenvalue weighted by molar-refractivity contribution is -0.123. The van der Waals surface area contributed by atoms with E-state index in [1.165, 1.54) is 0 Å². The number of para-hydroxylation sites is 2. The van der Waals surface area contributed by atoms with Crippen molar-refractivity contribution in [3.8, 4) is 11.5 Å². The van der Waals surface area contributed by atoms with Crippen LogP contribution in [-0.4, -0.2) is 11.8 Å². The van der Waals surface area contributed by atoms with E-state index in [9.17, 15) is 9.59 Å². The summed E-state index contributed by atoms with van der Waals surface area (Å²) in [5.41, 5.74) is 2.40. The van der Waals surface area contributed by atoms with Crippen molar-refractivity contribution in [3.63, 3.8) is 0 Å². The van der Waals surface area contributed by atoms with Gasteiger partial charge in [-0.1, -0.05) is 63.2 Å². The molecule has 2 N–H and O–H groups in total. The van der Waals surface area contributed by atoms with Crippen LogP contribution in [0.2, 0.25) is 0 Å². The summed E-state index contributed by atoms with van der Waals surface area (Å²) in [6.45, 7) is 5.57. The van der Waals surface area contributed by atoms with E-state index in [-0.39, 0.29) is 11.8 Å². The van der Waals surface area contributed by atoms with Crippen LogP contribution in [0.25, 0.3) is 0 Å². The third kappa shape index (κ3) is 3.92. The minimum absolute atomic E-state index is 0.0849. The molecule has 0 saturated heterocycles. The Morgan fingerprint density at radius 1 is 0.767 bits per heavy atom. The van der Waals surface area contributed by atoms with Gasteiger partial charge in [0.1, 0.15) is 11.5 Å². The highest BCUT2D eigenvalue weighted by molar-refractivity contribution is 6.00. The molecule has 3 aromatic rings. The van der Waals surface area contributed by atoms with Crippen molar-refractivity contribution in [2.75, 3.05) is 10.6 Å². The number of ether oxygens (including phenoxy) is 1. The molecular weight excluding hydrogens is 376 g/mol. The summed E-state index contributed by atoms with van der Waals surface area (Å²) >= 11 is 0. The minimum Gasteiger partial charge on any atom is -0.457 e. The lowest BCUT2D eigenvalue weighted by Crippen LogP contribution is -2.27. The molecule has 1 aliphatic heterocycles. The number of hydrogen-bond acceptors (Lipinski definition) is 3. The first-order valence-electron chi connectivity index (χ1n) is 9.91. The molecule has 0 aliphatic carbocycles. The maximum atomic E-state index is 13.3. The zero-order valence-corrected chi connectivity index (χ0v) is 17.2. The molecular formula is C25H24N2O3. The zero-order valence-electron chi connectivity index (χ0n) is 17.2. The van der Waals surface area contributed by atoms with E-state index in [0.717, 1.165) is 11.1 Å². The van der Waals surface area contributed by atoms with Crippen molar-refractivity contribution < 1.29 is 14.3 Å². The molecule has 0 radical (unpaired) electrons. The van der Waals surface area contributed by atoms with E-state index < -0.39 is 11.3 Å².